The average Bonchev–Trinajstić information content (AvgIpc) is 3.43. The summed E-state index contributed by atoms with van der Waals surface area (Å²) in [6.07, 6.45) is 4.24. The highest BCUT2D eigenvalue weighted by Gasteiger charge is 2.12. The van der Waals surface area contributed by atoms with Gasteiger partial charge in [0, 0.05) is 12.1 Å². The molecular formula is C26H26N4. The van der Waals surface area contributed by atoms with Crippen molar-refractivity contribution in [2.24, 2.45) is 0 Å². The fraction of sp³-hybridized carbons (Fsp3) is 0.192. The first-order valence-corrected chi connectivity index (χ1v) is 10.5. The van der Waals surface area contributed by atoms with E-state index in [0.29, 0.717) is 5.92 Å². The summed E-state index contributed by atoms with van der Waals surface area (Å²) in [5.41, 5.74) is 7.01. The van der Waals surface area contributed by atoms with E-state index in [4.69, 9.17) is 0 Å². The van der Waals surface area contributed by atoms with Crippen LogP contribution >= 0.6 is 0 Å². The highest BCUT2D eigenvalue weighted by molar-refractivity contribution is 5.90. The van der Waals surface area contributed by atoms with E-state index in [-0.39, 0.29) is 6.17 Å². The molecule has 5 rings (SSSR count). The standard InChI is InChI=1S/C26H26N4/c1-16(2)26-28-15-24(30-26)19-6-4-18(5-7-19)20-8-9-22-13-23(11-10-21(22)12-20)25-14-27-17(3)29-25/h4-17,27,29H,1-3H3,(H,28,30). The highest BCUT2D eigenvalue weighted by Crippen LogP contribution is 2.29. The molecule has 4 aromatic rings. The molecule has 0 fully saturated rings. The number of benzene rings is 3. The minimum Gasteiger partial charge on any atom is -0.370 e. The zero-order valence-electron chi connectivity index (χ0n) is 17.5. The summed E-state index contributed by atoms with van der Waals surface area (Å²) in [4.78, 5) is 7.90. The number of imidazole rings is 1. The third-order valence-corrected chi connectivity index (χ3v) is 5.67. The molecule has 0 bridgehead atoms. The van der Waals surface area contributed by atoms with E-state index in [1.165, 1.54) is 27.5 Å². The fourth-order valence-electron chi connectivity index (χ4n) is 3.90. The van der Waals surface area contributed by atoms with Gasteiger partial charge in [0.15, 0.2) is 0 Å². The minimum absolute atomic E-state index is 0.278. The van der Waals surface area contributed by atoms with Crippen molar-refractivity contribution in [1.29, 1.82) is 0 Å². The zero-order chi connectivity index (χ0) is 20.7. The first-order chi connectivity index (χ1) is 14.6. The molecule has 3 aromatic carbocycles. The van der Waals surface area contributed by atoms with Gasteiger partial charge in [-0.2, -0.15) is 0 Å². The van der Waals surface area contributed by atoms with E-state index >= 15 is 0 Å². The Morgan fingerprint density at radius 1 is 0.800 bits per heavy atom. The first kappa shape index (κ1) is 18.5. The van der Waals surface area contributed by atoms with E-state index in [9.17, 15) is 0 Å². The van der Waals surface area contributed by atoms with Crippen LogP contribution in [0.3, 0.4) is 0 Å². The second-order valence-electron chi connectivity index (χ2n) is 8.28. The second-order valence-corrected chi connectivity index (χ2v) is 8.28. The van der Waals surface area contributed by atoms with E-state index < -0.39 is 0 Å². The number of nitrogens with zero attached hydrogens (tertiary/aromatic N) is 1. The lowest BCUT2D eigenvalue weighted by atomic mass is 9.98. The Kier molecular flexibility index (Phi) is 4.55. The van der Waals surface area contributed by atoms with Gasteiger partial charge in [-0.15, -0.1) is 0 Å². The molecule has 150 valence electrons. The van der Waals surface area contributed by atoms with E-state index in [1.54, 1.807) is 0 Å². The number of nitrogens with one attached hydrogen (secondary N) is 3. The molecule has 1 aliphatic rings. The Morgan fingerprint density at radius 3 is 2.07 bits per heavy atom. The van der Waals surface area contributed by atoms with Gasteiger partial charge in [-0.1, -0.05) is 62.4 Å². The summed E-state index contributed by atoms with van der Waals surface area (Å²) in [6.45, 7) is 6.40. The molecule has 0 radical (unpaired) electrons. The number of rotatable bonds is 4. The third kappa shape index (κ3) is 3.45. The van der Waals surface area contributed by atoms with Crippen molar-refractivity contribution in [2.75, 3.05) is 0 Å². The van der Waals surface area contributed by atoms with Gasteiger partial charge in [-0.3, -0.25) is 0 Å². The van der Waals surface area contributed by atoms with Crippen molar-refractivity contribution < 1.29 is 0 Å². The summed E-state index contributed by atoms with van der Waals surface area (Å²) in [7, 11) is 0. The minimum atomic E-state index is 0.278. The normalized spacial score (nSPS) is 15.9. The molecule has 1 unspecified atom stereocenters. The van der Waals surface area contributed by atoms with Crippen molar-refractivity contribution in [3.05, 3.63) is 84.4 Å². The lowest BCUT2D eigenvalue weighted by Crippen LogP contribution is -2.27. The van der Waals surface area contributed by atoms with Crippen LogP contribution in [0.25, 0.3) is 38.9 Å². The van der Waals surface area contributed by atoms with Crippen molar-refractivity contribution in [1.82, 2.24) is 20.6 Å². The van der Waals surface area contributed by atoms with Gasteiger partial charge in [0.05, 0.1) is 23.8 Å². The number of fused-ring (bicyclic) bond motifs is 1. The summed E-state index contributed by atoms with van der Waals surface area (Å²) in [5.74, 6) is 1.42. The van der Waals surface area contributed by atoms with Gasteiger partial charge in [0.1, 0.15) is 5.82 Å². The topological polar surface area (TPSA) is 52.7 Å². The molecule has 0 spiro atoms. The summed E-state index contributed by atoms with van der Waals surface area (Å²) in [6, 6.07) is 22.0. The molecule has 0 amide bonds. The highest BCUT2D eigenvalue weighted by atomic mass is 15.2. The van der Waals surface area contributed by atoms with Crippen molar-refractivity contribution in [3.8, 4) is 22.4 Å². The van der Waals surface area contributed by atoms with Gasteiger partial charge < -0.3 is 15.6 Å². The molecule has 1 atom stereocenters. The Morgan fingerprint density at radius 2 is 1.43 bits per heavy atom. The van der Waals surface area contributed by atoms with Gasteiger partial charge in [0.2, 0.25) is 0 Å². The summed E-state index contributed by atoms with van der Waals surface area (Å²) < 4.78 is 0. The molecule has 0 aliphatic carbocycles. The molecule has 0 saturated heterocycles. The molecule has 1 aliphatic heterocycles. The third-order valence-electron chi connectivity index (χ3n) is 5.67. The van der Waals surface area contributed by atoms with Crippen LogP contribution in [0.1, 0.15) is 38.1 Å². The summed E-state index contributed by atoms with van der Waals surface area (Å²) in [5, 5.41) is 9.22. The lowest BCUT2D eigenvalue weighted by molar-refractivity contribution is 0.631. The van der Waals surface area contributed by atoms with Crippen molar-refractivity contribution in [2.45, 2.75) is 32.9 Å². The Labute approximate surface area is 177 Å². The molecule has 1 aromatic heterocycles. The summed E-state index contributed by atoms with van der Waals surface area (Å²) >= 11 is 0. The van der Waals surface area contributed by atoms with Gasteiger partial charge >= 0.3 is 0 Å². The second kappa shape index (κ2) is 7.38. The lowest BCUT2D eigenvalue weighted by Gasteiger charge is -2.10. The number of hydrogen-bond donors (Lipinski definition) is 3. The molecular weight excluding hydrogens is 368 g/mol. The monoisotopic (exact) mass is 394 g/mol. The van der Waals surface area contributed by atoms with E-state index in [0.717, 1.165) is 22.8 Å². The van der Waals surface area contributed by atoms with E-state index in [2.05, 4.69) is 102 Å². The van der Waals surface area contributed by atoms with Crippen LogP contribution in [0.5, 0.6) is 0 Å². The number of aromatic amines is 1. The molecule has 2 heterocycles. The number of aromatic nitrogens is 2. The number of H-pyrrole nitrogens is 1. The maximum absolute atomic E-state index is 4.48. The quantitative estimate of drug-likeness (QED) is 0.406. The van der Waals surface area contributed by atoms with Gasteiger partial charge in [-0.25, -0.2) is 4.98 Å². The molecule has 3 N–H and O–H groups in total. The molecule has 0 saturated carbocycles. The van der Waals surface area contributed by atoms with Crippen LogP contribution in [0.4, 0.5) is 0 Å². The maximum Gasteiger partial charge on any atom is 0.109 e. The predicted molar refractivity (Wildman–Crippen MR) is 125 cm³/mol. The molecule has 4 heteroatoms. The molecule has 4 nitrogen and oxygen atoms in total. The van der Waals surface area contributed by atoms with Crippen LogP contribution in [0.2, 0.25) is 0 Å². The van der Waals surface area contributed by atoms with Crippen LogP contribution in [-0.4, -0.2) is 16.1 Å². The molecule has 30 heavy (non-hydrogen) atoms. The smallest absolute Gasteiger partial charge is 0.109 e. The Hall–Kier alpha value is -3.53. The Balaban J connectivity index is 1.41. The maximum atomic E-state index is 4.48. The average molecular weight is 395 g/mol. The van der Waals surface area contributed by atoms with Crippen molar-refractivity contribution >= 4 is 16.5 Å². The largest absolute Gasteiger partial charge is 0.370 e. The first-order valence-electron chi connectivity index (χ1n) is 10.5. The van der Waals surface area contributed by atoms with E-state index in [1.807, 2.05) is 12.4 Å². The zero-order valence-corrected chi connectivity index (χ0v) is 17.5. The van der Waals surface area contributed by atoms with Crippen LogP contribution in [-0.2, 0) is 0 Å². The Bertz CT molecular complexity index is 1230. The SMILES string of the molecule is CC1NC=C(c2ccc3cc(-c4ccc(-c5cnc(C(C)C)[nH]5)cc4)ccc3c2)N1. The van der Waals surface area contributed by atoms with Crippen LogP contribution in [0, 0.1) is 0 Å². The van der Waals surface area contributed by atoms with Gasteiger partial charge in [-0.05, 0) is 52.1 Å². The van der Waals surface area contributed by atoms with Crippen molar-refractivity contribution in [3.63, 3.8) is 0 Å². The van der Waals surface area contributed by atoms with Crippen LogP contribution < -0.4 is 10.6 Å². The predicted octanol–water partition coefficient (Wildman–Crippen LogP) is 5.86. The number of hydrogen-bond acceptors (Lipinski definition) is 3. The fourth-order valence-corrected chi connectivity index (χ4v) is 3.90. The van der Waals surface area contributed by atoms with Gasteiger partial charge in [0.25, 0.3) is 0 Å². The van der Waals surface area contributed by atoms with Crippen LogP contribution in [0.15, 0.2) is 73.1 Å².